The molecule has 0 saturated carbocycles. The molecule has 0 bridgehead atoms. The van der Waals surface area contributed by atoms with Gasteiger partial charge in [0.2, 0.25) is 0 Å². The highest BCUT2D eigenvalue weighted by molar-refractivity contribution is 4.97. The van der Waals surface area contributed by atoms with E-state index in [0.29, 0.717) is 0 Å². The summed E-state index contributed by atoms with van der Waals surface area (Å²) in [6.07, 6.45) is 6.76. The number of aliphatic hydroxyl groups excluding tert-OH is 1. The van der Waals surface area contributed by atoms with E-state index in [4.69, 9.17) is 0 Å². The molecule has 1 heterocycles. The molecule has 1 N–H and O–H groups in total. The van der Waals surface area contributed by atoms with Crippen molar-refractivity contribution in [3.63, 3.8) is 0 Å². The van der Waals surface area contributed by atoms with Crippen molar-refractivity contribution in [1.82, 2.24) is 15.0 Å². The van der Waals surface area contributed by atoms with Crippen molar-refractivity contribution < 1.29 is 5.11 Å². The van der Waals surface area contributed by atoms with E-state index in [0.717, 1.165) is 18.5 Å². The number of aliphatic hydroxyl groups is 1. The van der Waals surface area contributed by atoms with Crippen molar-refractivity contribution in [3.05, 3.63) is 11.9 Å². The van der Waals surface area contributed by atoms with Crippen LogP contribution in [0.3, 0.4) is 0 Å². The fourth-order valence-electron chi connectivity index (χ4n) is 1.51. The summed E-state index contributed by atoms with van der Waals surface area (Å²) in [4.78, 5) is 0. The second-order valence-electron chi connectivity index (χ2n) is 3.65. The molecule has 4 heteroatoms. The minimum atomic E-state index is -0.410. The van der Waals surface area contributed by atoms with Gasteiger partial charge in [-0.15, -0.1) is 5.10 Å². The number of hydrogen-bond acceptors (Lipinski definition) is 3. The Kier molecular flexibility index (Phi) is 4.59. The molecule has 1 aromatic rings. The Bertz CT molecular complexity index is 260. The lowest BCUT2D eigenvalue weighted by atomic mass is 10.1. The Morgan fingerprint density at radius 1 is 1.43 bits per heavy atom. The quantitative estimate of drug-likeness (QED) is 0.708. The van der Waals surface area contributed by atoms with Crippen molar-refractivity contribution in [2.45, 2.75) is 45.1 Å². The summed E-state index contributed by atoms with van der Waals surface area (Å²) in [7, 11) is 1.80. The third-order valence-electron chi connectivity index (χ3n) is 2.42. The van der Waals surface area contributed by atoms with Crippen molar-refractivity contribution in [2.75, 3.05) is 0 Å². The Balaban J connectivity index is 2.28. The van der Waals surface area contributed by atoms with E-state index in [2.05, 4.69) is 17.2 Å². The maximum absolute atomic E-state index is 9.79. The molecule has 0 aliphatic rings. The molecule has 1 rings (SSSR count). The summed E-state index contributed by atoms with van der Waals surface area (Å²) in [6.45, 7) is 2.18. The average Bonchev–Trinajstić information content (AvgIpc) is 2.59. The molecule has 0 aromatic carbocycles. The molecule has 1 aromatic heterocycles. The average molecular weight is 197 g/mol. The van der Waals surface area contributed by atoms with E-state index in [9.17, 15) is 5.11 Å². The molecule has 1 atom stereocenters. The van der Waals surface area contributed by atoms with Gasteiger partial charge in [0, 0.05) is 7.05 Å². The van der Waals surface area contributed by atoms with Crippen molar-refractivity contribution in [2.24, 2.45) is 7.05 Å². The topological polar surface area (TPSA) is 50.9 Å². The molecular weight excluding hydrogens is 178 g/mol. The van der Waals surface area contributed by atoms with Crippen LogP contribution in [-0.4, -0.2) is 20.1 Å². The minimum absolute atomic E-state index is 0.410. The Morgan fingerprint density at radius 3 is 2.79 bits per heavy atom. The van der Waals surface area contributed by atoms with Crippen LogP contribution in [-0.2, 0) is 7.05 Å². The van der Waals surface area contributed by atoms with Crippen LogP contribution in [0.4, 0.5) is 0 Å². The maximum Gasteiger partial charge on any atom is 0.0972 e. The molecule has 0 aliphatic carbocycles. The summed E-state index contributed by atoms with van der Waals surface area (Å²) in [5.74, 6) is 0. The molecule has 4 nitrogen and oxygen atoms in total. The van der Waals surface area contributed by atoms with E-state index in [1.54, 1.807) is 17.9 Å². The molecule has 0 amide bonds. The lowest BCUT2D eigenvalue weighted by molar-refractivity contribution is 0.154. The number of aromatic nitrogens is 3. The highest BCUT2D eigenvalue weighted by Crippen LogP contribution is 2.17. The maximum atomic E-state index is 9.79. The van der Waals surface area contributed by atoms with E-state index in [1.807, 2.05) is 0 Å². The van der Waals surface area contributed by atoms with E-state index >= 15 is 0 Å². The fraction of sp³-hybridized carbons (Fsp3) is 0.800. The standard InChI is InChI=1S/C10H19N3O/c1-3-4-5-6-7-10(14)9-8-11-12-13(9)2/h8,10,14H,3-7H2,1-2H3. The fourth-order valence-corrected chi connectivity index (χ4v) is 1.51. The first-order valence-electron chi connectivity index (χ1n) is 5.28. The van der Waals surface area contributed by atoms with Crippen molar-refractivity contribution in [3.8, 4) is 0 Å². The lowest BCUT2D eigenvalue weighted by Crippen LogP contribution is -2.05. The third-order valence-corrected chi connectivity index (χ3v) is 2.42. The van der Waals surface area contributed by atoms with Crippen molar-refractivity contribution >= 4 is 0 Å². The summed E-state index contributed by atoms with van der Waals surface area (Å²) < 4.78 is 1.63. The molecule has 0 radical (unpaired) electrons. The first-order chi connectivity index (χ1) is 6.75. The van der Waals surface area contributed by atoms with Crippen LogP contribution >= 0.6 is 0 Å². The van der Waals surface area contributed by atoms with Crippen molar-refractivity contribution in [1.29, 1.82) is 0 Å². The van der Waals surface area contributed by atoms with Crippen LogP contribution in [0.5, 0.6) is 0 Å². The number of rotatable bonds is 6. The number of unbranched alkanes of at least 4 members (excludes halogenated alkanes) is 3. The number of aryl methyl sites for hydroxylation is 1. The monoisotopic (exact) mass is 197 g/mol. The van der Waals surface area contributed by atoms with Crippen LogP contribution in [0.15, 0.2) is 6.20 Å². The van der Waals surface area contributed by atoms with Gasteiger partial charge in [-0.3, -0.25) is 0 Å². The molecule has 14 heavy (non-hydrogen) atoms. The van der Waals surface area contributed by atoms with E-state index < -0.39 is 6.10 Å². The second-order valence-corrected chi connectivity index (χ2v) is 3.65. The zero-order valence-electron chi connectivity index (χ0n) is 8.98. The van der Waals surface area contributed by atoms with Gasteiger partial charge in [0.15, 0.2) is 0 Å². The van der Waals surface area contributed by atoms with Crippen LogP contribution in [0.1, 0.15) is 50.8 Å². The van der Waals surface area contributed by atoms with Crippen LogP contribution in [0.25, 0.3) is 0 Å². The zero-order valence-corrected chi connectivity index (χ0v) is 8.98. The smallest absolute Gasteiger partial charge is 0.0972 e. The third kappa shape index (κ3) is 3.10. The number of hydrogen-bond donors (Lipinski definition) is 1. The van der Waals surface area contributed by atoms with Gasteiger partial charge in [-0.25, -0.2) is 4.68 Å². The summed E-state index contributed by atoms with van der Waals surface area (Å²) >= 11 is 0. The SMILES string of the molecule is CCCCCCC(O)c1cnnn1C. The van der Waals surface area contributed by atoms with Gasteiger partial charge in [-0.2, -0.15) is 0 Å². The predicted molar refractivity (Wildman–Crippen MR) is 54.7 cm³/mol. The second kappa shape index (κ2) is 5.75. The van der Waals surface area contributed by atoms with E-state index in [-0.39, 0.29) is 0 Å². The number of nitrogens with zero attached hydrogens (tertiary/aromatic N) is 3. The lowest BCUT2D eigenvalue weighted by Gasteiger charge is -2.09. The summed E-state index contributed by atoms with van der Waals surface area (Å²) in [5.41, 5.74) is 0.807. The molecule has 1 unspecified atom stereocenters. The Hall–Kier alpha value is -0.900. The van der Waals surface area contributed by atoms with Gasteiger partial charge in [0.1, 0.15) is 0 Å². The molecule has 0 aliphatic heterocycles. The molecule has 0 saturated heterocycles. The molecular formula is C10H19N3O. The largest absolute Gasteiger partial charge is 0.387 e. The van der Waals surface area contributed by atoms with Gasteiger partial charge in [-0.1, -0.05) is 37.8 Å². The Labute approximate surface area is 84.9 Å². The van der Waals surface area contributed by atoms with Gasteiger partial charge in [0.05, 0.1) is 18.0 Å². The summed E-state index contributed by atoms with van der Waals surface area (Å²) in [6, 6.07) is 0. The van der Waals surface area contributed by atoms with Crippen LogP contribution < -0.4 is 0 Å². The highest BCUT2D eigenvalue weighted by atomic mass is 16.3. The highest BCUT2D eigenvalue weighted by Gasteiger charge is 2.11. The normalized spacial score (nSPS) is 13.1. The molecule has 0 spiro atoms. The first kappa shape index (κ1) is 11.2. The first-order valence-corrected chi connectivity index (χ1v) is 5.28. The van der Waals surface area contributed by atoms with Gasteiger partial charge in [-0.05, 0) is 6.42 Å². The van der Waals surface area contributed by atoms with Gasteiger partial charge >= 0.3 is 0 Å². The molecule has 0 fully saturated rings. The van der Waals surface area contributed by atoms with E-state index in [1.165, 1.54) is 19.3 Å². The zero-order chi connectivity index (χ0) is 10.4. The van der Waals surface area contributed by atoms with Crippen LogP contribution in [0, 0.1) is 0 Å². The van der Waals surface area contributed by atoms with Gasteiger partial charge < -0.3 is 5.11 Å². The summed E-state index contributed by atoms with van der Waals surface area (Å²) in [5, 5.41) is 17.3. The minimum Gasteiger partial charge on any atom is -0.387 e. The van der Waals surface area contributed by atoms with Crippen LogP contribution in [0.2, 0.25) is 0 Å². The predicted octanol–water partition coefficient (Wildman–Crippen LogP) is 1.82. The van der Waals surface area contributed by atoms with Gasteiger partial charge in [0.25, 0.3) is 0 Å². The molecule has 80 valence electrons. The Morgan fingerprint density at radius 2 is 2.21 bits per heavy atom.